The van der Waals surface area contributed by atoms with Gasteiger partial charge in [-0.1, -0.05) is 6.08 Å². The van der Waals surface area contributed by atoms with Gasteiger partial charge < -0.3 is 5.32 Å². The Hall–Kier alpha value is -1.23. The van der Waals surface area contributed by atoms with E-state index in [1.807, 2.05) is 19.1 Å². The number of allylic oxidation sites excluding steroid dienone is 2. The average molecular weight is 108 g/mol. The minimum absolute atomic E-state index is 1.38. The summed E-state index contributed by atoms with van der Waals surface area (Å²) >= 11 is 0. The standard InChI is InChI=1S/C6H8N2/c1-2-5-8-6-3-4-7/h2-3,5-6,8H,1H3/b5-2+,6-3-. The second-order valence-corrected chi connectivity index (χ2v) is 1.13. The molecule has 0 radical (unpaired) electrons. The lowest BCUT2D eigenvalue weighted by atomic mass is 10.6. The first kappa shape index (κ1) is 6.77. The molecule has 0 aliphatic heterocycles. The molecule has 2 heteroatoms. The zero-order valence-electron chi connectivity index (χ0n) is 4.76. The molecule has 0 fully saturated rings. The van der Waals surface area contributed by atoms with E-state index in [1.54, 1.807) is 12.4 Å². The number of nitrogens with zero attached hydrogens (tertiary/aromatic N) is 1. The van der Waals surface area contributed by atoms with Crippen molar-refractivity contribution in [2.75, 3.05) is 0 Å². The Morgan fingerprint density at radius 3 is 2.75 bits per heavy atom. The molecule has 0 bridgehead atoms. The Balaban J connectivity index is 3.20. The van der Waals surface area contributed by atoms with Crippen LogP contribution in [0.25, 0.3) is 0 Å². The fourth-order valence-electron chi connectivity index (χ4n) is 0.237. The summed E-state index contributed by atoms with van der Waals surface area (Å²) in [4.78, 5) is 0. The molecule has 0 rings (SSSR count). The van der Waals surface area contributed by atoms with E-state index in [4.69, 9.17) is 5.26 Å². The molecule has 0 spiro atoms. The second-order valence-electron chi connectivity index (χ2n) is 1.13. The van der Waals surface area contributed by atoms with E-state index in [0.717, 1.165) is 0 Å². The van der Waals surface area contributed by atoms with E-state index in [0.29, 0.717) is 0 Å². The maximum absolute atomic E-state index is 7.96. The van der Waals surface area contributed by atoms with Crippen LogP contribution in [-0.2, 0) is 0 Å². The molecule has 0 aromatic heterocycles. The van der Waals surface area contributed by atoms with Crippen molar-refractivity contribution in [3.8, 4) is 6.07 Å². The van der Waals surface area contributed by atoms with Gasteiger partial charge in [0.2, 0.25) is 0 Å². The van der Waals surface area contributed by atoms with Crippen molar-refractivity contribution < 1.29 is 0 Å². The van der Waals surface area contributed by atoms with Crippen LogP contribution < -0.4 is 5.32 Å². The van der Waals surface area contributed by atoms with Crippen molar-refractivity contribution in [3.05, 3.63) is 24.6 Å². The Morgan fingerprint density at radius 1 is 1.50 bits per heavy atom. The third-order valence-electron chi connectivity index (χ3n) is 0.517. The highest BCUT2D eigenvalue weighted by Crippen LogP contribution is 1.64. The topological polar surface area (TPSA) is 35.8 Å². The smallest absolute Gasteiger partial charge is 0.0927 e. The van der Waals surface area contributed by atoms with Gasteiger partial charge in [-0.3, -0.25) is 0 Å². The van der Waals surface area contributed by atoms with Gasteiger partial charge in [0.05, 0.1) is 6.07 Å². The summed E-state index contributed by atoms with van der Waals surface area (Å²) in [6.45, 7) is 1.90. The van der Waals surface area contributed by atoms with Crippen LogP contribution in [0.1, 0.15) is 6.92 Å². The first-order valence-electron chi connectivity index (χ1n) is 2.33. The molecule has 0 aliphatic rings. The molecule has 0 atom stereocenters. The molecule has 0 aliphatic carbocycles. The van der Waals surface area contributed by atoms with Crippen LogP contribution >= 0.6 is 0 Å². The summed E-state index contributed by atoms with van der Waals surface area (Å²) in [5, 5.41) is 10.7. The fraction of sp³-hybridized carbons (Fsp3) is 0.167. The van der Waals surface area contributed by atoms with E-state index in [1.165, 1.54) is 6.08 Å². The van der Waals surface area contributed by atoms with E-state index in [9.17, 15) is 0 Å². The average Bonchev–Trinajstić information content (AvgIpc) is 1.81. The van der Waals surface area contributed by atoms with Crippen molar-refractivity contribution >= 4 is 0 Å². The monoisotopic (exact) mass is 108 g/mol. The first-order valence-corrected chi connectivity index (χ1v) is 2.33. The summed E-state index contributed by atoms with van der Waals surface area (Å²) < 4.78 is 0. The van der Waals surface area contributed by atoms with Gasteiger partial charge >= 0.3 is 0 Å². The SMILES string of the molecule is C/C=C/N/C=C\C#N. The lowest BCUT2D eigenvalue weighted by Crippen LogP contribution is -1.88. The van der Waals surface area contributed by atoms with Gasteiger partial charge in [0.1, 0.15) is 0 Å². The molecule has 0 amide bonds. The Morgan fingerprint density at radius 2 is 2.25 bits per heavy atom. The first-order chi connectivity index (χ1) is 3.91. The molecule has 42 valence electrons. The third-order valence-corrected chi connectivity index (χ3v) is 0.517. The van der Waals surface area contributed by atoms with Crippen molar-refractivity contribution in [1.29, 1.82) is 5.26 Å². The molecule has 0 heterocycles. The zero-order chi connectivity index (χ0) is 6.24. The molecular formula is C6H8N2. The predicted molar refractivity (Wildman–Crippen MR) is 32.7 cm³/mol. The number of nitriles is 1. The van der Waals surface area contributed by atoms with Crippen LogP contribution in [-0.4, -0.2) is 0 Å². The lowest BCUT2D eigenvalue weighted by Gasteiger charge is -1.80. The molecule has 2 nitrogen and oxygen atoms in total. The fourth-order valence-corrected chi connectivity index (χ4v) is 0.237. The normalized spacial score (nSPS) is 10.0. The van der Waals surface area contributed by atoms with E-state index in [-0.39, 0.29) is 0 Å². The molecule has 0 saturated carbocycles. The summed E-state index contributed by atoms with van der Waals surface area (Å²) in [5.41, 5.74) is 0. The van der Waals surface area contributed by atoms with Crippen LogP contribution in [0.3, 0.4) is 0 Å². The van der Waals surface area contributed by atoms with E-state index < -0.39 is 0 Å². The van der Waals surface area contributed by atoms with Crippen LogP contribution in [0.4, 0.5) is 0 Å². The largest absolute Gasteiger partial charge is 0.367 e. The molecule has 0 unspecified atom stereocenters. The molecular weight excluding hydrogens is 100 g/mol. The summed E-state index contributed by atoms with van der Waals surface area (Å²) in [7, 11) is 0. The highest BCUT2D eigenvalue weighted by atomic mass is 14.8. The van der Waals surface area contributed by atoms with Gasteiger partial charge in [0.25, 0.3) is 0 Å². The molecule has 1 N–H and O–H groups in total. The molecule has 0 aromatic carbocycles. The van der Waals surface area contributed by atoms with Crippen LogP contribution in [0.2, 0.25) is 0 Å². The van der Waals surface area contributed by atoms with Crippen molar-refractivity contribution in [2.45, 2.75) is 6.92 Å². The highest BCUT2D eigenvalue weighted by molar-refractivity contribution is 5.01. The van der Waals surface area contributed by atoms with Crippen LogP contribution in [0.5, 0.6) is 0 Å². The quantitative estimate of drug-likeness (QED) is 0.538. The minimum Gasteiger partial charge on any atom is -0.367 e. The molecule has 8 heavy (non-hydrogen) atoms. The van der Waals surface area contributed by atoms with Gasteiger partial charge in [-0.05, 0) is 13.1 Å². The summed E-state index contributed by atoms with van der Waals surface area (Å²) in [6.07, 6.45) is 6.54. The number of rotatable bonds is 2. The summed E-state index contributed by atoms with van der Waals surface area (Å²) in [6, 6.07) is 1.85. The number of hydrogen-bond donors (Lipinski definition) is 1. The Bertz CT molecular complexity index is 128. The van der Waals surface area contributed by atoms with Crippen molar-refractivity contribution in [1.82, 2.24) is 5.32 Å². The predicted octanol–water partition coefficient (Wildman–Crippen LogP) is 1.15. The van der Waals surface area contributed by atoms with Gasteiger partial charge in [-0.2, -0.15) is 5.26 Å². The zero-order valence-corrected chi connectivity index (χ0v) is 4.76. The van der Waals surface area contributed by atoms with Gasteiger partial charge in [0.15, 0.2) is 0 Å². The minimum atomic E-state index is 1.38. The van der Waals surface area contributed by atoms with Crippen LogP contribution in [0, 0.1) is 11.3 Å². The maximum atomic E-state index is 7.96. The Labute approximate surface area is 49.1 Å². The third kappa shape index (κ3) is 4.77. The molecule has 0 saturated heterocycles. The van der Waals surface area contributed by atoms with Gasteiger partial charge in [0, 0.05) is 12.3 Å². The number of nitrogens with one attached hydrogen (secondary N) is 1. The maximum Gasteiger partial charge on any atom is 0.0927 e. The second kappa shape index (κ2) is 5.77. The van der Waals surface area contributed by atoms with E-state index in [2.05, 4.69) is 5.32 Å². The molecule has 0 aromatic rings. The number of hydrogen-bond acceptors (Lipinski definition) is 2. The summed E-state index contributed by atoms with van der Waals surface area (Å²) in [5.74, 6) is 0. The lowest BCUT2D eigenvalue weighted by molar-refractivity contribution is 1.19. The Kier molecular flexibility index (Phi) is 4.88. The van der Waals surface area contributed by atoms with Crippen molar-refractivity contribution in [3.63, 3.8) is 0 Å². The van der Waals surface area contributed by atoms with Crippen LogP contribution in [0.15, 0.2) is 24.6 Å². The van der Waals surface area contributed by atoms with Gasteiger partial charge in [-0.15, -0.1) is 0 Å². The van der Waals surface area contributed by atoms with E-state index >= 15 is 0 Å². The van der Waals surface area contributed by atoms with Crippen molar-refractivity contribution in [2.24, 2.45) is 0 Å². The highest BCUT2D eigenvalue weighted by Gasteiger charge is 1.59. The van der Waals surface area contributed by atoms with Gasteiger partial charge in [-0.25, -0.2) is 0 Å².